The van der Waals surface area contributed by atoms with Crippen molar-refractivity contribution in [2.24, 2.45) is 0 Å². The Morgan fingerprint density at radius 2 is 1.62 bits per heavy atom. The minimum absolute atomic E-state index is 0. The Labute approximate surface area is 159 Å². The molecule has 123 valence electrons. The van der Waals surface area contributed by atoms with Crippen molar-refractivity contribution < 1.29 is 9.53 Å². The Morgan fingerprint density at radius 3 is 2.12 bits per heavy atom. The summed E-state index contributed by atoms with van der Waals surface area (Å²) in [5.41, 5.74) is 4.41. The second-order valence-electron chi connectivity index (χ2n) is 6.09. The number of ether oxygens (including phenoxy) is 1. The summed E-state index contributed by atoms with van der Waals surface area (Å²) < 4.78 is 5.78. The Hall–Kier alpha value is -1.06. The van der Waals surface area contributed by atoms with E-state index in [0.29, 0.717) is 0 Å². The summed E-state index contributed by atoms with van der Waals surface area (Å²) in [6.07, 6.45) is 1.19. The van der Waals surface area contributed by atoms with Crippen LogP contribution >= 0.6 is 8.58 Å². The van der Waals surface area contributed by atoms with E-state index < -0.39 is 0 Å². The average molecular weight is 335 g/mol. The molecule has 0 aliphatic heterocycles. The fourth-order valence-corrected chi connectivity index (χ4v) is 3.78. The number of hydrogen-bond donors (Lipinski definition) is 0. The molecule has 0 saturated heterocycles. The molecule has 1 radical (unpaired) electrons. The zero-order valence-corrected chi connectivity index (χ0v) is 16.6. The summed E-state index contributed by atoms with van der Waals surface area (Å²) in [5, 5.41) is 1.05. The van der Waals surface area contributed by atoms with E-state index >= 15 is 0 Å². The molecular formula is C20H25LiO2P. The van der Waals surface area contributed by atoms with E-state index in [9.17, 15) is 4.79 Å². The van der Waals surface area contributed by atoms with E-state index in [0.717, 1.165) is 34.2 Å². The van der Waals surface area contributed by atoms with Crippen molar-refractivity contribution in [1.82, 2.24) is 0 Å². The van der Waals surface area contributed by atoms with Crippen LogP contribution in [0.25, 0.3) is 0 Å². The Balaban J connectivity index is 0.00000288. The third kappa shape index (κ3) is 5.49. The molecule has 0 spiro atoms. The molecule has 0 bridgehead atoms. The molecule has 2 atom stereocenters. The summed E-state index contributed by atoms with van der Waals surface area (Å²) in [6.45, 7) is 10.3. The first-order valence-corrected chi connectivity index (χ1v) is 9.06. The van der Waals surface area contributed by atoms with E-state index in [2.05, 4.69) is 32.9 Å². The Morgan fingerprint density at radius 1 is 1.08 bits per heavy atom. The van der Waals surface area contributed by atoms with Crippen molar-refractivity contribution in [3.05, 3.63) is 58.7 Å². The largest absolute Gasteiger partial charge is 0.491 e. The molecule has 2 aromatic carbocycles. The van der Waals surface area contributed by atoms with Gasteiger partial charge in [0.25, 0.3) is 0 Å². The van der Waals surface area contributed by atoms with Crippen LogP contribution in [-0.4, -0.2) is 30.5 Å². The first kappa shape index (κ1) is 21.0. The molecule has 2 aromatic rings. The van der Waals surface area contributed by atoms with Gasteiger partial charge in [-0.25, -0.2) is 0 Å². The molecule has 0 fully saturated rings. The third-order valence-electron chi connectivity index (χ3n) is 3.93. The van der Waals surface area contributed by atoms with E-state index in [1.807, 2.05) is 38.1 Å². The number of benzene rings is 2. The van der Waals surface area contributed by atoms with Gasteiger partial charge >= 0.3 is 0 Å². The maximum atomic E-state index is 12.7. The van der Waals surface area contributed by atoms with Gasteiger partial charge in [-0.15, -0.1) is 0 Å². The topological polar surface area (TPSA) is 26.3 Å². The van der Waals surface area contributed by atoms with Crippen molar-refractivity contribution >= 4 is 38.3 Å². The number of aryl methyl sites for hydroxylation is 3. The molecule has 2 unspecified atom stereocenters. The van der Waals surface area contributed by atoms with Gasteiger partial charge in [0.15, 0.2) is 5.52 Å². The van der Waals surface area contributed by atoms with Crippen LogP contribution < -0.4 is 10.0 Å². The molecule has 0 heterocycles. The first-order valence-electron chi connectivity index (χ1n) is 8.06. The van der Waals surface area contributed by atoms with Gasteiger partial charge in [-0.05, 0) is 71.3 Å². The summed E-state index contributed by atoms with van der Waals surface area (Å²) in [5.74, 6) is 0.864. The van der Waals surface area contributed by atoms with Crippen molar-refractivity contribution in [1.29, 1.82) is 0 Å². The second-order valence-corrected chi connectivity index (χ2v) is 7.37. The molecule has 0 aromatic heterocycles. The number of rotatable bonds is 6. The Kier molecular flexibility index (Phi) is 8.24. The first-order chi connectivity index (χ1) is 10.9. The van der Waals surface area contributed by atoms with E-state index in [1.54, 1.807) is 0 Å². The third-order valence-corrected chi connectivity index (χ3v) is 5.03. The van der Waals surface area contributed by atoms with Crippen LogP contribution in [-0.2, 0) is 0 Å². The van der Waals surface area contributed by atoms with Gasteiger partial charge in [0.05, 0.1) is 6.10 Å². The van der Waals surface area contributed by atoms with Gasteiger partial charge in [-0.2, -0.15) is 0 Å². The van der Waals surface area contributed by atoms with Crippen molar-refractivity contribution in [3.63, 3.8) is 0 Å². The average Bonchev–Trinajstić information content (AvgIpc) is 2.48. The molecule has 4 heteroatoms. The maximum Gasteiger partial charge on any atom is 0.186 e. The molecule has 24 heavy (non-hydrogen) atoms. The monoisotopic (exact) mass is 335 g/mol. The molecule has 0 aliphatic carbocycles. The fourth-order valence-electron chi connectivity index (χ4n) is 2.66. The molecule has 0 saturated carbocycles. The smallest absolute Gasteiger partial charge is 0.186 e. The molecule has 0 amide bonds. The van der Waals surface area contributed by atoms with Crippen molar-refractivity contribution in [2.75, 3.05) is 0 Å². The zero-order valence-electron chi connectivity index (χ0n) is 15.6. The molecule has 2 rings (SSSR count). The number of carbonyl (C=O) groups is 1. The second kappa shape index (κ2) is 9.43. The molecular weight excluding hydrogens is 310 g/mol. The quantitative estimate of drug-likeness (QED) is 0.572. The zero-order chi connectivity index (χ0) is 17.0. The maximum absolute atomic E-state index is 12.7. The van der Waals surface area contributed by atoms with Crippen LogP contribution in [0.5, 0.6) is 5.75 Å². The fraction of sp³-hybridized carbons (Fsp3) is 0.350. The van der Waals surface area contributed by atoms with Crippen LogP contribution in [0.4, 0.5) is 0 Å². The molecule has 0 N–H and O–H groups in total. The normalized spacial score (nSPS) is 12.0. The van der Waals surface area contributed by atoms with Crippen LogP contribution in [0.3, 0.4) is 0 Å². The van der Waals surface area contributed by atoms with E-state index in [1.165, 1.54) is 5.56 Å². The van der Waals surface area contributed by atoms with E-state index in [4.69, 9.17) is 4.74 Å². The number of hydrogen-bond acceptors (Lipinski definition) is 2. The van der Waals surface area contributed by atoms with Gasteiger partial charge in [0.1, 0.15) is 5.75 Å². The number of carbonyl (C=O) groups excluding carboxylic acids is 1. The summed E-state index contributed by atoms with van der Waals surface area (Å²) in [6, 6.07) is 12.1. The summed E-state index contributed by atoms with van der Waals surface area (Å²) in [4.78, 5) is 12.7. The van der Waals surface area contributed by atoms with Gasteiger partial charge in [-0.3, -0.25) is 4.79 Å². The molecule has 2 nitrogen and oxygen atoms in total. The van der Waals surface area contributed by atoms with Gasteiger partial charge in [0.2, 0.25) is 0 Å². The van der Waals surface area contributed by atoms with Crippen molar-refractivity contribution in [2.45, 2.75) is 47.1 Å². The van der Waals surface area contributed by atoms with Crippen LogP contribution in [0.2, 0.25) is 0 Å². The van der Waals surface area contributed by atoms with Crippen molar-refractivity contribution in [3.8, 4) is 5.75 Å². The minimum atomic E-state index is 0. The van der Waals surface area contributed by atoms with Gasteiger partial charge < -0.3 is 4.74 Å². The SMILES string of the molecule is CCC(C)Oc1ccc(PC(=O)c2c(C)cc(C)cc2C)cc1.[Li]. The van der Waals surface area contributed by atoms with Crippen LogP contribution in [0, 0.1) is 20.8 Å². The van der Waals surface area contributed by atoms with Gasteiger partial charge in [0, 0.05) is 24.4 Å². The standard InChI is InChI=1S/C20H25O2P.Li/c1-6-16(5)22-17-7-9-18(10-8-17)23-20(21)19-14(3)11-13(2)12-15(19)4;/h7-12,16,23H,6H2,1-5H3;. The van der Waals surface area contributed by atoms with E-state index in [-0.39, 0.29) is 39.1 Å². The van der Waals surface area contributed by atoms with Crippen LogP contribution in [0.1, 0.15) is 47.3 Å². The Bertz CT molecular complexity index is 672. The minimum Gasteiger partial charge on any atom is -0.491 e. The summed E-state index contributed by atoms with van der Waals surface area (Å²) in [7, 11) is 0.143. The van der Waals surface area contributed by atoms with Gasteiger partial charge in [-0.1, -0.05) is 36.8 Å². The molecule has 0 aliphatic rings. The predicted octanol–water partition coefficient (Wildman–Crippen LogP) is 4.55. The summed E-state index contributed by atoms with van der Waals surface area (Å²) >= 11 is 0. The van der Waals surface area contributed by atoms with Crippen LogP contribution in [0.15, 0.2) is 36.4 Å². The predicted molar refractivity (Wildman–Crippen MR) is 106 cm³/mol.